The third-order valence-corrected chi connectivity index (χ3v) is 8.27. The van der Waals surface area contributed by atoms with Gasteiger partial charge in [-0.2, -0.15) is 8.78 Å². The lowest BCUT2D eigenvalue weighted by Crippen LogP contribution is -2.47. The first-order valence-electron chi connectivity index (χ1n) is 10.1. The SMILES string of the molecule is CC1(CC(=O)c2ccc3c(c2)C(C)(C)C(=O)N3c2cccc(OC(F)F)c2)CS(=O)(=O)C1. The number of hydrogen-bond acceptors (Lipinski definition) is 5. The molecule has 0 aromatic heterocycles. The van der Waals surface area contributed by atoms with Gasteiger partial charge in [0, 0.05) is 23.5 Å². The van der Waals surface area contributed by atoms with Gasteiger partial charge in [0.2, 0.25) is 5.91 Å². The van der Waals surface area contributed by atoms with Gasteiger partial charge in [0.25, 0.3) is 0 Å². The Bertz CT molecular complexity index is 1210. The van der Waals surface area contributed by atoms with Crippen molar-refractivity contribution in [2.75, 3.05) is 16.4 Å². The van der Waals surface area contributed by atoms with Crippen LogP contribution in [0.15, 0.2) is 42.5 Å². The van der Waals surface area contributed by atoms with E-state index in [1.807, 2.05) is 0 Å². The van der Waals surface area contributed by atoms with Crippen molar-refractivity contribution in [3.63, 3.8) is 0 Å². The Labute approximate surface area is 185 Å². The summed E-state index contributed by atoms with van der Waals surface area (Å²) in [4.78, 5) is 27.5. The van der Waals surface area contributed by atoms with E-state index in [9.17, 15) is 26.8 Å². The van der Waals surface area contributed by atoms with Crippen molar-refractivity contribution >= 4 is 32.9 Å². The molecular weight excluding hydrogens is 440 g/mol. The molecule has 2 aliphatic rings. The zero-order valence-corrected chi connectivity index (χ0v) is 18.7. The zero-order chi connectivity index (χ0) is 23.5. The molecule has 9 heteroatoms. The molecule has 1 fully saturated rings. The highest BCUT2D eigenvalue weighted by Crippen LogP contribution is 2.46. The Kier molecular flexibility index (Phi) is 5.15. The number of hydrogen-bond donors (Lipinski definition) is 0. The molecule has 2 heterocycles. The molecule has 0 atom stereocenters. The van der Waals surface area contributed by atoms with Gasteiger partial charge in [-0.15, -0.1) is 0 Å². The van der Waals surface area contributed by atoms with E-state index >= 15 is 0 Å². The summed E-state index contributed by atoms with van der Waals surface area (Å²) in [5, 5.41) is 0. The molecule has 1 amide bonds. The molecule has 0 unspecified atom stereocenters. The van der Waals surface area contributed by atoms with Crippen LogP contribution in [0.3, 0.4) is 0 Å². The van der Waals surface area contributed by atoms with Crippen LogP contribution in [0, 0.1) is 5.41 Å². The second kappa shape index (κ2) is 7.37. The molecular formula is C23H23F2NO5S. The Morgan fingerprint density at radius 2 is 1.81 bits per heavy atom. The summed E-state index contributed by atoms with van der Waals surface area (Å²) >= 11 is 0. The number of carbonyl (C=O) groups excluding carboxylic acids is 2. The average Bonchev–Trinajstić information content (AvgIpc) is 2.85. The fourth-order valence-electron chi connectivity index (χ4n) is 4.58. The minimum Gasteiger partial charge on any atom is -0.435 e. The number of anilines is 2. The molecule has 0 saturated carbocycles. The summed E-state index contributed by atoms with van der Waals surface area (Å²) in [5.41, 5.74) is 0.466. The minimum atomic E-state index is -3.06. The van der Waals surface area contributed by atoms with E-state index < -0.39 is 27.3 Å². The summed E-state index contributed by atoms with van der Waals surface area (Å²) in [5.74, 6) is -0.522. The van der Waals surface area contributed by atoms with Crippen LogP contribution in [0.5, 0.6) is 5.75 Å². The molecule has 0 bridgehead atoms. The number of Topliss-reactive ketones (excluding diaryl/α,β-unsaturated/α-hetero) is 1. The molecule has 0 spiro atoms. The largest absolute Gasteiger partial charge is 0.435 e. The summed E-state index contributed by atoms with van der Waals surface area (Å²) in [6.07, 6.45) is 0.107. The standard InChI is InChI=1S/C23H23F2NO5S/c1-22(2)17-9-14(19(27)11-23(3)12-32(29,30)13-23)7-8-18(17)26(20(22)28)15-5-4-6-16(10-15)31-21(24)25/h4-10,21H,11-13H2,1-3H3. The van der Waals surface area contributed by atoms with Gasteiger partial charge in [0.05, 0.1) is 28.3 Å². The van der Waals surface area contributed by atoms with E-state index in [4.69, 9.17) is 0 Å². The minimum absolute atomic E-state index is 0.00847. The maximum Gasteiger partial charge on any atom is 0.387 e. The van der Waals surface area contributed by atoms with E-state index in [0.29, 0.717) is 22.5 Å². The van der Waals surface area contributed by atoms with Gasteiger partial charge in [-0.1, -0.05) is 13.0 Å². The molecule has 2 aromatic rings. The van der Waals surface area contributed by atoms with Crippen LogP contribution in [-0.4, -0.2) is 38.2 Å². The van der Waals surface area contributed by atoms with E-state index in [1.54, 1.807) is 45.0 Å². The molecule has 2 aromatic carbocycles. The van der Waals surface area contributed by atoms with Crippen molar-refractivity contribution in [3.8, 4) is 5.75 Å². The first kappa shape index (κ1) is 22.4. The molecule has 0 N–H and O–H groups in total. The van der Waals surface area contributed by atoms with Crippen molar-refractivity contribution < 1.29 is 31.5 Å². The molecule has 0 aliphatic carbocycles. The number of benzene rings is 2. The van der Waals surface area contributed by atoms with Crippen LogP contribution < -0.4 is 9.64 Å². The highest BCUT2D eigenvalue weighted by Gasteiger charge is 2.47. The predicted octanol–water partition coefficient (Wildman–Crippen LogP) is 4.25. The van der Waals surface area contributed by atoms with Crippen LogP contribution >= 0.6 is 0 Å². The normalized spacial score (nSPS) is 20.1. The van der Waals surface area contributed by atoms with E-state index in [2.05, 4.69) is 4.74 Å². The molecule has 170 valence electrons. The monoisotopic (exact) mass is 463 g/mol. The Morgan fingerprint density at radius 1 is 1.12 bits per heavy atom. The molecule has 2 aliphatic heterocycles. The van der Waals surface area contributed by atoms with E-state index in [-0.39, 0.29) is 35.4 Å². The topological polar surface area (TPSA) is 80.8 Å². The number of sulfone groups is 1. The number of amides is 1. The summed E-state index contributed by atoms with van der Waals surface area (Å²) in [6.45, 7) is 2.27. The Hall–Kier alpha value is -2.81. The number of rotatable bonds is 6. The van der Waals surface area contributed by atoms with Crippen LogP contribution in [0.2, 0.25) is 0 Å². The van der Waals surface area contributed by atoms with Gasteiger partial charge < -0.3 is 4.74 Å². The summed E-state index contributed by atoms with van der Waals surface area (Å²) in [7, 11) is -3.06. The maximum absolute atomic E-state index is 13.2. The van der Waals surface area contributed by atoms with Crippen molar-refractivity contribution in [2.45, 2.75) is 39.2 Å². The molecule has 32 heavy (non-hydrogen) atoms. The van der Waals surface area contributed by atoms with Crippen LogP contribution in [0.4, 0.5) is 20.2 Å². The fraction of sp³-hybridized carbons (Fsp3) is 0.391. The smallest absolute Gasteiger partial charge is 0.387 e. The third-order valence-electron chi connectivity index (χ3n) is 6.00. The summed E-state index contributed by atoms with van der Waals surface area (Å²) < 4.78 is 52.8. The molecule has 0 radical (unpaired) electrons. The number of halogens is 2. The second-order valence-electron chi connectivity index (χ2n) is 9.32. The first-order chi connectivity index (χ1) is 14.8. The molecule has 4 rings (SSSR count). The van der Waals surface area contributed by atoms with Crippen LogP contribution in [0.25, 0.3) is 0 Å². The Balaban J connectivity index is 1.66. The maximum atomic E-state index is 13.2. The van der Waals surface area contributed by atoms with Crippen molar-refractivity contribution in [1.29, 1.82) is 0 Å². The van der Waals surface area contributed by atoms with Gasteiger partial charge in [-0.05, 0) is 49.7 Å². The number of alkyl halides is 2. The zero-order valence-electron chi connectivity index (χ0n) is 17.9. The van der Waals surface area contributed by atoms with Gasteiger partial charge in [0.15, 0.2) is 15.6 Å². The Morgan fingerprint density at radius 3 is 2.44 bits per heavy atom. The van der Waals surface area contributed by atoms with Gasteiger partial charge in [-0.3, -0.25) is 14.5 Å². The van der Waals surface area contributed by atoms with E-state index in [0.717, 1.165) is 0 Å². The quantitative estimate of drug-likeness (QED) is 0.599. The predicted molar refractivity (Wildman–Crippen MR) is 115 cm³/mol. The van der Waals surface area contributed by atoms with Gasteiger partial charge in [-0.25, -0.2) is 8.42 Å². The van der Waals surface area contributed by atoms with Crippen LogP contribution in [-0.2, 0) is 20.0 Å². The number of carbonyl (C=O) groups is 2. The number of ketones is 1. The lowest BCUT2D eigenvalue weighted by molar-refractivity contribution is -0.121. The lowest BCUT2D eigenvalue weighted by Gasteiger charge is -2.37. The number of fused-ring (bicyclic) bond motifs is 1. The highest BCUT2D eigenvalue weighted by atomic mass is 32.2. The van der Waals surface area contributed by atoms with Crippen molar-refractivity contribution in [1.82, 2.24) is 0 Å². The number of nitrogens with zero attached hydrogens (tertiary/aromatic N) is 1. The van der Waals surface area contributed by atoms with Gasteiger partial charge in [0.1, 0.15) is 5.75 Å². The average molecular weight is 464 g/mol. The second-order valence-corrected chi connectivity index (χ2v) is 11.4. The van der Waals surface area contributed by atoms with Crippen molar-refractivity contribution in [2.24, 2.45) is 5.41 Å². The first-order valence-corrected chi connectivity index (χ1v) is 11.9. The van der Waals surface area contributed by atoms with Crippen LogP contribution in [0.1, 0.15) is 43.1 Å². The van der Waals surface area contributed by atoms with Gasteiger partial charge >= 0.3 is 6.61 Å². The lowest BCUT2D eigenvalue weighted by atomic mass is 9.83. The third kappa shape index (κ3) is 3.90. The molecule has 6 nitrogen and oxygen atoms in total. The fourth-order valence-corrected chi connectivity index (χ4v) is 6.82. The number of ether oxygens (including phenoxy) is 1. The highest BCUT2D eigenvalue weighted by molar-refractivity contribution is 7.92. The summed E-state index contributed by atoms with van der Waals surface area (Å²) in [6, 6.07) is 10.8. The molecule has 1 saturated heterocycles. The van der Waals surface area contributed by atoms with E-state index in [1.165, 1.54) is 23.1 Å². The van der Waals surface area contributed by atoms with Crippen molar-refractivity contribution in [3.05, 3.63) is 53.6 Å².